The first-order valence-electron chi connectivity index (χ1n) is 9.02. The summed E-state index contributed by atoms with van der Waals surface area (Å²) in [7, 11) is 1.57. The Bertz CT molecular complexity index is 699. The normalized spacial score (nSPS) is 18.2. The Balaban J connectivity index is 2.15. The molecule has 1 aliphatic heterocycles. The van der Waals surface area contributed by atoms with Crippen LogP contribution in [0.4, 0.5) is 5.69 Å². The minimum absolute atomic E-state index is 0.107. The van der Waals surface area contributed by atoms with Crippen molar-refractivity contribution in [3.63, 3.8) is 0 Å². The van der Waals surface area contributed by atoms with Crippen molar-refractivity contribution in [3.05, 3.63) is 15.8 Å². The molecular formula is C19H30N3O3S+. The quantitative estimate of drug-likeness (QED) is 0.745. The highest BCUT2D eigenvalue weighted by Gasteiger charge is 2.40. The minimum Gasteiger partial charge on any atom is -0.354 e. The van der Waals surface area contributed by atoms with Crippen molar-refractivity contribution in [2.45, 2.75) is 40.5 Å². The SMILES string of the molecule is CNC(=O)c1scc(C)c1NC(=O)C[N+]1(CC(C)=O)CCC(C)(C)CC1. The summed E-state index contributed by atoms with van der Waals surface area (Å²) in [5.41, 5.74) is 1.71. The molecule has 0 spiro atoms. The molecule has 2 heterocycles. The zero-order chi connectivity index (χ0) is 19.5. The summed E-state index contributed by atoms with van der Waals surface area (Å²) >= 11 is 1.32. The summed E-state index contributed by atoms with van der Waals surface area (Å²) in [6.07, 6.45) is 1.99. The van der Waals surface area contributed by atoms with Gasteiger partial charge >= 0.3 is 0 Å². The number of rotatable bonds is 6. The topological polar surface area (TPSA) is 75.3 Å². The van der Waals surface area contributed by atoms with Crippen molar-refractivity contribution < 1.29 is 18.9 Å². The Morgan fingerprint density at radius 2 is 1.81 bits per heavy atom. The van der Waals surface area contributed by atoms with E-state index < -0.39 is 0 Å². The largest absolute Gasteiger partial charge is 0.354 e. The number of nitrogens with one attached hydrogen (secondary N) is 2. The van der Waals surface area contributed by atoms with E-state index in [2.05, 4.69) is 24.5 Å². The van der Waals surface area contributed by atoms with Gasteiger partial charge in [0.25, 0.3) is 11.8 Å². The van der Waals surface area contributed by atoms with Crippen molar-refractivity contribution >= 4 is 34.6 Å². The number of hydrogen-bond donors (Lipinski definition) is 2. The molecule has 7 heteroatoms. The lowest BCUT2D eigenvalue weighted by atomic mass is 9.81. The minimum atomic E-state index is -0.203. The van der Waals surface area contributed by atoms with Gasteiger partial charge in [-0.25, -0.2) is 0 Å². The van der Waals surface area contributed by atoms with Gasteiger partial charge in [-0.15, -0.1) is 11.3 Å². The fourth-order valence-electron chi connectivity index (χ4n) is 3.52. The number of carbonyl (C=O) groups excluding carboxylic acids is 3. The van der Waals surface area contributed by atoms with Crippen LogP contribution in [-0.2, 0) is 9.59 Å². The van der Waals surface area contributed by atoms with Gasteiger partial charge in [-0.3, -0.25) is 14.4 Å². The summed E-state index contributed by atoms with van der Waals surface area (Å²) in [5.74, 6) is -0.237. The lowest BCUT2D eigenvalue weighted by molar-refractivity contribution is -0.919. The molecule has 2 N–H and O–H groups in total. The van der Waals surface area contributed by atoms with Gasteiger partial charge in [0.15, 0.2) is 12.3 Å². The van der Waals surface area contributed by atoms with E-state index in [1.165, 1.54) is 11.3 Å². The Morgan fingerprint density at radius 1 is 1.19 bits per heavy atom. The van der Waals surface area contributed by atoms with E-state index in [0.717, 1.165) is 31.5 Å². The number of quaternary nitrogens is 1. The predicted octanol–water partition coefficient (Wildman–Crippen LogP) is 2.58. The number of nitrogens with zero attached hydrogens (tertiary/aromatic N) is 1. The highest BCUT2D eigenvalue weighted by molar-refractivity contribution is 7.13. The Hall–Kier alpha value is -1.73. The molecule has 0 aromatic carbocycles. The molecule has 0 radical (unpaired) electrons. The summed E-state index contributed by atoms with van der Waals surface area (Å²) in [6.45, 7) is 10.2. The van der Waals surface area contributed by atoms with Gasteiger partial charge in [-0.2, -0.15) is 0 Å². The van der Waals surface area contributed by atoms with Crippen LogP contribution in [0.3, 0.4) is 0 Å². The number of Topliss-reactive ketones (excluding diaryl/α,β-unsaturated/α-hetero) is 1. The van der Waals surface area contributed by atoms with Crippen LogP contribution in [-0.4, -0.2) is 55.3 Å². The molecular weight excluding hydrogens is 350 g/mol. The number of ketones is 1. The molecule has 2 rings (SSSR count). The number of piperidine rings is 1. The van der Waals surface area contributed by atoms with E-state index in [1.54, 1.807) is 14.0 Å². The molecule has 1 aromatic rings. The van der Waals surface area contributed by atoms with E-state index >= 15 is 0 Å². The van der Waals surface area contributed by atoms with Gasteiger partial charge in [0.1, 0.15) is 11.4 Å². The van der Waals surface area contributed by atoms with Crippen LogP contribution >= 0.6 is 11.3 Å². The first kappa shape index (κ1) is 20.6. The average Bonchev–Trinajstić information content (AvgIpc) is 2.90. The number of aryl methyl sites for hydroxylation is 1. The maximum absolute atomic E-state index is 12.8. The molecule has 26 heavy (non-hydrogen) atoms. The fraction of sp³-hybridized carbons (Fsp3) is 0.632. The van der Waals surface area contributed by atoms with E-state index in [9.17, 15) is 14.4 Å². The zero-order valence-electron chi connectivity index (χ0n) is 16.4. The molecule has 6 nitrogen and oxygen atoms in total. The maximum atomic E-state index is 12.8. The molecule has 0 atom stereocenters. The van der Waals surface area contributed by atoms with Gasteiger partial charge in [0.2, 0.25) is 0 Å². The van der Waals surface area contributed by atoms with Gasteiger partial charge in [-0.05, 0) is 23.3 Å². The van der Waals surface area contributed by atoms with Crippen LogP contribution in [0, 0.1) is 12.3 Å². The predicted molar refractivity (Wildman–Crippen MR) is 105 cm³/mol. The van der Waals surface area contributed by atoms with Crippen LogP contribution < -0.4 is 10.6 Å². The maximum Gasteiger partial charge on any atom is 0.279 e. The van der Waals surface area contributed by atoms with Gasteiger partial charge < -0.3 is 15.1 Å². The number of anilines is 1. The monoisotopic (exact) mass is 380 g/mol. The third-order valence-corrected chi connectivity index (χ3v) is 6.33. The number of hydrogen-bond acceptors (Lipinski definition) is 4. The summed E-state index contributed by atoms with van der Waals surface area (Å²) in [5, 5.41) is 7.39. The van der Waals surface area contributed by atoms with E-state index in [1.807, 2.05) is 12.3 Å². The van der Waals surface area contributed by atoms with Crippen molar-refractivity contribution in [2.75, 3.05) is 38.5 Å². The average molecular weight is 381 g/mol. The smallest absolute Gasteiger partial charge is 0.279 e. The van der Waals surface area contributed by atoms with Crippen molar-refractivity contribution in [1.29, 1.82) is 0 Å². The molecule has 1 fully saturated rings. The number of thiophene rings is 1. The molecule has 0 unspecified atom stereocenters. The number of amides is 2. The standard InChI is InChI=1S/C19H29N3O3S/c1-13-12-26-17(18(25)20-5)16(13)21-15(24)11-22(10-14(2)23)8-6-19(3,4)7-9-22/h12H,6-11H2,1-5H3,(H-,20,21,24,25)/p+1. The van der Waals surface area contributed by atoms with Gasteiger partial charge in [-0.1, -0.05) is 13.8 Å². The van der Waals surface area contributed by atoms with Crippen LogP contribution in [0.2, 0.25) is 0 Å². The molecule has 1 saturated heterocycles. The Labute approximate surface area is 159 Å². The molecule has 0 bridgehead atoms. The number of likely N-dealkylation sites (tertiary alicyclic amines) is 1. The first-order valence-corrected chi connectivity index (χ1v) is 9.90. The summed E-state index contributed by atoms with van der Waals surface area (Å²) in [4.78, 5) is 37.1. The third kappa shape index (κ3) is 4.92. The van der Waals surface area contributed by atoms with Crippen LogP contribution in [0.5, 0.6) is 0 Å². The van der Waals surface area contributed by atoms with Crippen LogP contribution in [0.1, 0.15) is 48.8 Å². The fourth-order valence-corrected chi connectivity index (χ4v) is 4.48. The van der Waals surface area contributed by atoms with Gasteiger partial charge in [0.05, 0.1) is 18.8 Å². The molecule has 1 aliphatic rings. The lowest BCUT2D eigenvalue weighted by Crippen LogP contribution is -2.59. The highest BCUT2D eigenvalue weighted by atomic mass is 32.1. The van der Waals surface area contributed by atoms with Crippen LogP contribution in [0.25, 0.3) is 0 Å². The van der Waals surface area contributed by atoms with Crippen molar-refractivity contribution in [3.8, 4) is 0 Å². The van der Waals surface area contributed by atoms with Crippen molar-refractivity contribution in [1.82, 2.24) is 5.32 Å². The van der Waals surface area contributed by atoms with E-state index in [0.29, 0.717) is 21.6 Å². The third-order valence-electron chi connectivity index (χ3n) is 5.24. The lowest BCUT2D eigenvalue weighted by Gasteiger charge is -2.45. The van der Waals surface area contributed by atoms with Crippen LogP contribution in [0.15, 0.2) is 5.38 Å². The van der Waals surface area contributed by atoms with Gasteiger partial charge in [0, 0.05) is 26.8 Å². The summed E-state index contributed by atoms with van der Waals surface area (Å²) in [6, 6.07) is 0. The number of carbonyl (C=O) groups is 3. The van der Waals surface area contributed by atoms with E-state index in [-0.39, 0.29) is 29.6 Å². The Morgan fingerprint density at radius 3 is 2.35 bits per heavy atom. The summed E-state index contributed by atoms with van der Waals surface area (Å²) < 4.78 is 0.503. The molecule has 0 aliphatic carbocycles. The highest BCUT2D eigenvalue weighted by Crippen LogP contribution is 2.34. The first-order chi connectivity index (χ1) is 12.1. The molecule has 0 saturated carbocycles. The molecule has 144 valence electrons. The van der Waals surface area contributed by atoms with E-state index in [4.69, 9.17) is 0 Å². The second-order valence-electron chi connectivity index (χ2n) is 8.22. The molecule has 2 amide bonds. The molecule has 1 aromatic heterocycles. The second-order valence-corrected chi connectivity index (χ2v) is 9.10. The van der Waals surface area contributed by atoms with Crippen molar-refractivity contribution in [2.24, 2.45) is 5.41 Å². The zero-order valence-corrected chi connectivity index (χ0v) is 17.2. The second kappa shape index (κ2) is 7.88. The Kier molecular flexibility index (Phi) is 6.24.